The average molecular weight is 355 g/mol. The summed E-state index contributed by atoms with van der Waals surface area (Å²) in [5.41, 5.74) is 1.89. The first-order valence-electron chi connectivity index (χ1n) is 7.65. The molecule has 7 nitrogen and oxygen atoms in total. The van der Waals surface area contributed by atoms with Gasteiger partial charge in [-0.3, -0.25) is 10.1 Å². The Bertz CT molecular complexity index is 1010. The average Bonchev–Trinajstić information content (AvgIpc) is 2.96. The lowest BCUT2D eigenvalue weighted by molar-refractivity contribution is -0.385. The van der Waals surface area contributed by atoms with Gasteiger partial charge in [-0.15, -0.1) is 0 Å². The molecule has 0 N–H and O–H groups in total. The zero-order valence-corrected chi connectivity index (χ0v) is 14.0. The number of esters is 1. The smallest absolute Gasteiger partial charge is 0.347 e. The maximum Gasteiger partial charge on any atom is 0.347 e. The lowest BCUT2D eigenvalue weighted by Gasteiger charge is -2.08. The third-order valence-corrected chi connectivity index (χ3v) is 3.89. The van der Waals surface area contributed by atoms with E-state index >= 15 is 0 Å². The second-order valence-electron chi connectivity index (χ2n) is 5.60. The molecule has 0 spiro atoms. The molecule has 0 amide bonds. The van der Waals surface area contributed by atoms with Crippen LogP contribution < -0.4 is 4.74 Å². The number of carbonyl (C=O) groups excluding carboxylic acids is 1. The van der Waals surface area contributed by atoms with Crippen LogP contribution in [0.5, 0.6) is 5.75 Å². The van der Waals surface area contributed by atoms with Crippen molar-refractivity contribution in [1.29, 1.82) is 0 Å². The summed E-state index contributed by atoms with van der Waals surface area (Å²) in [5.74, 6) is -2.05. The Hall–Kier alpha value is -3.55. The second kappa shape index (κ2) is 6.75. The van der Waals surface area contributed by atoms with Gasteiger partial charge < -0.3 is 4.74 Å². The maximum absolute atomic E-state index is 13.4. The van der Waals surface area contributed by atoms with Crippen LogP contribution in [0.15, 0.2) is 48.7 Å². The minimum atomic E-state index is -0.851. The molecule has 132 valence electrons. The van der Waals surface area contributed by atoms with E-state index in [-0.39, 0.29) is 5.56 Å². The van der Waals surface area contributed by atoms with Crippen LogP contribution in [0.25, 0.3) is 5.69 Å². The van der Waals surface area contributed by atoms with E-state index in [9.17, 15) is 19.3 Å². The molecule has 0 radical (unpaired) electrons. The van der Waals surface area contributed by atoms with Crippen molar-refractivity contribution in [2.24, 2.45) is 0 Å². The van der Waals surface area contributed by atoms with Crippen molar-refractivity contribution in [1.82, 2.24) is 9.78 Å². The van der Waals surface area contributed by atoms with Gasteiger partial charge in [-0.25, -0.2) is 13.9 Å². The number of rotatable bonds is 4. The van der Waals surface area contributed by atoms with Crippen molar-refractivity contribution in [3.63, 3.8) is 0 Å². The number of carbonyl (C=O) groups is 1. The van der Waals surface area contributed by atoms with Crippen molar-refractivity contribution >= 4 is 11.7 Å². The van der Waals surface area contributed by atoms with Crippen LogP contribution in [0.2, 0.25) is 0 Å². The summed E-state index contributed by atoms with van der Waals surface area (Å²) in [6.45, 7) is 3.58. The van der Waals surface area contributed by atoms with Gasteiger partial charge in [0.1, 0.15) is 11.4 Å². The lowest BCUT2D eigenvalue weighted by atomic mass is 10.2. The number of nitrogens with zero attached hydrogens (tertiary/aromatic N) is 3. The van der Waals surface area contributed by atoms with Crippen LogP contribution in [0.4, 0.5) is 10.1 Å². The Balaban J connectivity index is 1.95. The van der Waals surface area contributed by atoms with E-state index < -0.39 is 28.1 Å². The Kier molecular flexibility index (Phi) is 4.49. The fraction of sp³-hybridized carbons (Fsp3) is 0.111. The Morgan fingerprint density at radius 1 is 1.23 bits per heavy atom. The Morgan fingerprint density at radius 3 is 2.65 bits per heavy atom. The van der Waals surface area contributed by atoms with Crippen molar-refractivity contribution in [2.75, 3.05) is 0 Å². The molecule has 0 bridgehead atoms. The molecule has 0 aliphatic rings. The number of ether oxygens (including phenoxy) is 1. The first-order valence-corrected chi connectivity index (χ1v) is 7.65. The van der Waals surface area contributed by atoms with E-state index in [1.54, 1.807) is 11.6 Å². The van der Waals surface area contributed by atoms with Crippen molar-refractivity contribution < 1.29 is 18.8 Å². The number of para-hydroxylation sites is 1. The first-order chi connectivity index (χ1) is 12.4. The third kappa shape index (κ3) is 3.16. The molecule has 8 heteroatoms. The van der Waals surface area contributed by atoms with E-state index in [4.69, 9.17) is 4.74 Å². The summed E-state index contributed by atoms with van der Waals surface area (Å²) in [6.07, 6.45) is 1.31. The Morgan fingerprint density at radius 2 is 1.96 bits per heavy atom. The van der Waals surface area contributed by atoms with E-state index in [0.29, 0.717) is 5.69 Å². The molecule has 3 rings (SSSR count). The van der Waals surface area contributed by atoms with Gasteiger partial charge in [-0.2, -0.15) is 5.10 Å². The predicted octanol–water partition coefficient (Wildman–Crippen LogP) is 3.76. The number of halogens is 1. The largest absolute Gasteiger partial charge is 0.415 e. The summed E-state index contributed by atoms with van der Waals surface area (Å²) in [6, 6.07) is 10.2. The normalized spacial score (nSPS) is 10.6. The molecule has 26 heavy (non-hydrogen) atoms. The minimum Gasteiger partial charge on any atom is -0.415 e. The number of hydrogen-bond donors (Lipinski definition) is 0. The standard InChI is InChI=1S/C18H14FN3O4/c1-11-5-3-4-6-15(11)21-12(2)14(10-20-21)18(23)26-17-9-13(19)7-8-16(17)22(24)25/h3-10H,1-2H3. The van der Waals surface area contributed by atoms with Gasteiger partial charge in [-0.1, -0.05) is 18.2 Å². The molecule has 0 atom stereocenters. The number of nitro groups is 1. The fourth-order valence-electron chi connectivity index (χ4n) is 2.53. The highest BCUT2D eigenvalue weighted by Crippen LogP contribution is 2.28. The van der Waals surface area contributed by atoms with E-state index in [2.05, 4.69) is 5.10 Å². The fourth-order valence-corrected chi connectivity index (χ4v) is 2.53. The van der Waals surface area contributed by atoms with Gasteiger partial charge >= 0.3 is 11.7 Å². The van der Waals surface area contributed by atoms with Gasteiger partial charge in [0.2, 0.25) is 5.75 Å². The van der Waals surface area contributed by atoms with Gasteiger partial charge in [0, 0.05) is 12.1 Å². The van der Waals surface area contributed by atoms with Gasteiger partial charge in [0.05, 0.1) is 22.5 Å². The van der Waals surface area contributed by atoms with E-state index in [1.165, 1.54) is 6.20 Å². The first kappa shape index (κ1) is 17.3. The van der Waals surface area contributed by atoms with Crippen LogP contribution in [0, 0.1) is 29.8 Å². The lowest BCUT2D eigenvalue weighted by Crippen LogP contribution is -2.11. The molecule has 0 aliphatic heterocycles. The molecular formula is C18H14FN3O4. The SMILES string of the molecule is Cc1ccccc1-n1ncc(C(=O)Oc2cc(F)ccc2[N+](=O)[O-])c1C. The van der Waals surface area contributed by atoms with Gasteiger partial charge in [0.15, 0.2) is 0 Å². The van der Waals surface area contributed by atoms with Crippen molar-refractivity contribution in [3.8, 4) is 11.4 Å². The number of benzene rings is 2. The summed E-state index contributed by atoms with van der Waals surface area (Å²) >= 11 is 0. The molecule has 0 saturated carbocycles. The topological polar surface area (TPSA) is 87.3 Å². The highest BCUT2D eigenvalue weighted by molar-refractivity contribution is 5.92. The molecule has 1 aromatic heterocycles. The number of aromatic nitrogens is 2. The summed E-state index contributed by atoms with van der Waals surface area (Å²) < 4.78 is 20.0. The monoisotopic (exact) mass is 355 g/mol. The maximum atomic E-state index is 13.4. The highest BCUT2D eigenvalue weighted by atomic mass is 19.1. The van der Waals surface area contributed by atoms with Crippen molar-refractivity contribution in [3.05, 3.63) is 81.4 Å². The Labute approximate surface area is 147 Å². The quantitative estimate of drug-likeness (QED) is 0.308. The minimum absolute atomic E-state index is 0.131. The molecule has 0 unspecified atom stereocenters. The number of aryl methyl sites for hydroxylation is 1. The van der Waals surface area contributed by atoms with Crippen molar-refractivity contribution in [2.45, 2.75) is 13.8 Å². The van der Waals surface area contributed by atoms with Crippen LogP contribution in [0.1, 0.15) is 21.6 Å². The van der Waals surface area contributed by atoms with Gasteiger partial charge in [-0.05, 0) is 31.5 Å². The molecule has 0 aliphatic carbocycles. The van der Waals surface area contributed by atoms with Gasteiger partial charge in [0.25, 0.3) is 0 Å². The van der Waals surface area contributed by atoms with Crippen LogP contribution >= 0.6 is 0 Å². The zero-order valence-electron chi connectivity index (χ0n) is 14.0. The molecule has 0 fully saturated rings. The van der Waals surface area contributed by atoms with Crippen LogP contribution in [-0.4, -0.2) is 20.7 Å². The number of nitro benzene ring substituents is 1. The zero-order chi connectivity index (χ0) is 18.8. The molecule has 2 aromatic carbocycles. The van der Waals surface area contributed by atoms with E-state index in [1.807, 2.05) is 31.2 Å². The molecule has 3 aromatic rings. The summed E-state index contributed by atoms with van der Waals surface area (Å²) in [5, 5.41) is 15.2. The molecule has 0 saturated heterocycles. The summed E-state index contributed by atoms with van der Waals surface area (Å²) in [7, 11) is 0. The number of hydrogen-bond acceptors (Lipinski definition) is 5. The highest BCUT2D eigenvalue weighted by Gasteiger charge is 2.23. The van der Waals surface area contributed by atoms with Crippen LogP contribution in [0.3, 0.4) is 0 Å². The summed E-state index contributed by atoms with van der Waals surface area (Å²) in [4.78, 5) is 22.7. The molecular weight excluding hydrogens is 341 g/mol. The molecule has 1 heterocycles. The predicted molar refractivity (Wildman–Crippen MR) is 91.1 cm³/mol. The van der Waals surface area contributed by atoms with Crippen LogP contribution in [-0.2, 0) is 0 Å². The van der Waals surface area contributed by atoms with E-state index in [0.717, 1.165) is 29.4 Å². The second-order valence-corrected chi connectivity index (χ2v) is 5.60. The third-order valence-electron chi connectivity index (χ3n) is 3.89.